The van der Waals surface area contributed by atoms with E-state index in [4.69, 9.17) is 4.84 Å². The summed E-state index contributed by atoms with van der Waals surface area (Å²) in [7, 11) is 0. The molecule has 0 bridgehead atoms. The van der Waals surface area contributed by atoms with Gasteiger partial charge in [0, 0.05) is 12.1 Å². The summed E-state index contributed by atoms with van der Waals surface area (Å²) in [5.74, 6) is -1.30. The molecule has 2 atom stereocenters. The maximum Gasteiger partial charge on any atom is 0.251 e. The average Bonchev–Trinajstić information content (AvgIpc) is 2.89. The third kappa shape index (κ3) is 8.05. The second-order valence-corrected chi connectivity index (χ2v) is 8.67. The van der Waals surface area contributed by atoms with Crippen LogP contribution in [-0.4, -0.2) is 29.6 Å². The molecule has 184 valence electrons. The summed E-state index contributed by atoms with van der Waals surface area (Å²) >= 11 is 0. The van der Waals surface area contributed by atoms with Crippen molar-refractivity contribution >= 4 is 11.8 Å². The number of carbonyl (C=O) groups excluding carboxylic acids is 2. The first-order valence-corrected chi connectivity index (χ1v) is 12.1. The van der Waals surface area contributed by atoms with Crippen molar-refractivity contribution in [2.75, 3.05) is 6.54 Å². The molecule has 3 N–H and O–H groups in total. The predicted molar refractivity (Wildman–Crippen MR) is 137 cm³/mol. The Hall–Kier alpha value is -3.48. The first kappa shape index (κ1) is 26.1. The molecule has 3 aromatic rings. The first-order chi connectivity index (χ1) is 17.0. The molecule has 0 aliphatic carbocycles. The van der Waals surface area contributed by atoms with Crippen LogP contribution in [0.25, 0.3) is 11.1 Å². The summed E-state index contributed by atoms with van der Waals surface area (Å²) in [4.78, 5) is 29.9. The molecular formula is C29H34N2O4. The molecule has 0 radical (unpaired) electrons. The number of hydrogen-bond donors (Lipinski definition) is 3. The minimum Gasteiger partial charge on any atom is -0.392 e. The molecule has 0 heterocycles. The number of amides is 2. The molecule has 0 aromatic heterocycles. The maximum absolute atomic E-state index is 12.5. The molecule has 3 aromatic carbocycles. The van der Waals surface area contributed by atoms with Crippen LogP contribution in [0.5, 0.6) is 0 Å². The SMILES string of the molecule is CCCc1ccc(-c2ccc(C(=O)NCC[C@@H](O)[C@H](C)C(=O)NOCc3ccccc3)cc2)cc1. The highest BCUT2D eigenvalue weighted by Gasteiger charge is 2.22. The third-order valence-electron chi connectivity index (χ3n) is 5.94. The lowest BCUT2D eigenvalue weighted by atomic mass is 10.0. The highest BCUT2D eigenvalue weighted by Crippen LogP contribution is 2.21. The second-order valence-electron chi connectivity index (χ2n) is 8.67. The second kappa shape index (κ2) is 13.4. The topological polar surface area (TPSA) is 87.7 Å². The number of nitrogens with one attached hydrogen (secondary N) is 2. The number of aliphatic hydroxyl groups excluding tert-OH is 1. The molecular weight excluding hydrogens is 440 g/mol. The molecule has 0 aliphatic rings. The normalized spacial score (nSPS) is 12.5. The number of hydroxylamine groups is 1. The van der Waals surface area contributed by atoms with E-state index in [1.807, 2.05) is 42.5 Å². The Kier molecular flexibility index (Phi) is 10.0. The largest absolute Gasteiger partial charge is 0.392 e. The zero-order valence-electron chi connectivity index (χ0n) is 20.4. The van der Waals surface area contributed by atoms with Gasteiger partial charge in [-0.05, 0) is 47.2 Å². The van der Waals surface area contributed by atoms with E-state index in [1.165, 1.54) is 5.56 Å². The van der Waals surface area contributed by atoms with Crippen molar-refractivity contribution in [2.45, 2.75) is 45.8 Å². The summed E-state index contributed by atoms with van der Waals surface area (Å²) in [5.41, 5.74) is 7.34. The molecule has 3 rings (SSSR count). The number of aryl methyl sites for hydroxylation is 1. The Labute approximate surface area is 207 Å². The van der Waals surface area contributed by atoms with Crippen LogP contribution in [0, 0.1) is 5.92 Å². The van der Waals surface area contributed by atoms with Gasteiger partial charge < -0.3 is 10.4 Å². The molecule has 0 spiro atoms. The number of carbonyl (C=O) groups is 2. The van der Waals surface area contributed by atoms with Gasteiger partial charge in [-0.3, -0.25) is 14.4 Å². The molecule has 0 fully saturated rings. The van der Waals surface area contributed by atoms with Crippen molar-refractivity contribution in [2.24, 2.45) is 5.92 Å². The van der Waals surface area contributed by atoms with E-state index in [2.05, 4.69) is 42.0 Å². The van der Waals surface area contributed by atoms with E-state index in [9.17, 15) is 14.7 Å². The van der Waals surface area contributed by atoms with Gasteiger partial charge in [0.05, 0.1) is 18.6 Å². The number of rotatable bonds is 12. The summed E-state index contributed by atoms with van der Waals surface area (Å²) in [6.45, 7) is 4.29. The van der Waals surface area contributed by atoms with Crippen LogP contribution in [0.1, 0.15) is 48.2 Å². The zero-order chi connectivity index (χ0) is 25.0. The molecule has 6 nitrogen and oxygen atoms in total. The van der Waals surface area contributed by atoms with Crippen LogP contribution in [0.15, 0.2) is 78.9 Å². The molecule has 35 heavy (non-hydrogen) atoms. The lowest BCUT2D eigenvalue weighted by Crippen LogP contribution is -2.37. The fourth-order valence-corrected chi connectivity index (χ4v) is 3.68. The van der Waals surface area contributed by atoms with Gasteiger partial charge in [0.15, 0.2) is 0 Å². The molecule has 0 saturated heterocycles. The van der Waals surface area contributed by atoms with Crippen LogP contribution in [-0.2, 0) is 22.7 Å². The highest BCUT2D eigenvalue weighted by molar-refractivity contribution is 5.94. The summed E-state index contributed by atoms with van der Waals surface area (Å²) in [6.07, 6.45) is 1.53. The fourth-order valence-electron chi connectivity index (χ4n) is 3.68. The van der Waals surface area contributed by atoms with Crippen molar-refractivity contribution in [3.05, 3.63) is 95.6 Å². The Balaban J connectivity index is 1.40. The minimum atomic E-state index is -0.909. The summed E-state index contributed by atoms with van der Waals surface area (Å²) < 4.78 is 0. The number of aliphatic hydroxyl groups is 1. The van der Waals surface area contributed by atoms with E-state index in [1.54, 1.807) is 19.1 Å². The Morgan fingerprint density at radius 1 is 0.886 bits per heavy atom. The van der Waals surface area contributed by atoms with Crippen LogP contribution >= 0.6 is 0 Å². The van der Waals surface area contributed by atoms with E-state index < -0.39 is 17.9 Å². The monoisotopic (exact) mass is 474 g/mol. The third-order valence-corrected chi connectivity index (χ3v) is 5.94. The summed E-state index contributed by atoms with van der Waals surface area (Å²) in [6, 6.07) is 25.4. The number of hydrogen-bond acceptors (Lipinski definition) is 4. The quantitative estimate of drug-likeness (QED) is 0.333. The van der Waals surface area contributed by atoms with Crippen molar-refractivity contribution in [3.8, 4) is 11.1 Å². The molecule has 0 aliphatic heterocycles. The van der Waals surface area contributed by atoms with Crippen LogP contribution in [0.4, 0.5) is 0 Å². The Morgan fingerprint density at radius 2 is 1.51 bits per heavy atom. The van der Waals surface area contributed by atoms with Gasteiger partial charge in [-0.1, -0.05) is 87.0 Å². The van der Waals surface area contributed by atoms with Crippen LogP contribution in [0.2, 0.25) is 0 Å². The Morgan fingerprint density at radius 3 is 2.14 bits per heavy atom. The van der Waals surface area contributed by atoms with Crippen LogP contribution in [0.3, 0.4) is 0 Å². The maximum atomic E-state index is 12.5. The van der Waals surface area contributed by atoms with E-state index in [-0.39, 0.29) is 25.5 Å². The molecule has 6 heteroatoms. The van der Waals surface area contributed by atoms with E-state index in [0.717, 1.165) is 29.5 Å². The minimum absolute atomic E-state index is 0.217. The average molecular weight is 475 g/mol. The molecule has 2 amide bonds. The van der Waals surface area contributed by atoms with Gasteiger partial charge in [0.1, 0.15) is 0 Å². The van der Waals surface area contributed by atoms with Crippen molar-refractivity contribution in [3.63, 3.8) is 0 Å². The zero-order valence-corrected chi connectivity index (χ0v) is 20.4. The molecule has 0 saturated carbocycles. The summed E-state index contributed by atoms with van der Waals surface area (Å²) in [5, 5.41) is 13.1. The predicted octanol–water partition coefficient (Wildman–Crippen LogP) is 4.67. The highest BCUT2D eigenvalue weighted by atomic mass is 16.6. The van der Waals surface area contributed by atoms with E-state index in [0.29, 0.717) is 5.56 Å². The number of benzene rings is 3. The van der Waals surface area contributed by atoms with Gasteiger partial charge in [0.2, 0.25) is 5.91 Å². The van der Waals surface area contributed by atoms with E-state index >= 15 is 0 Å². The van der Waals surface area contributed by atoms with Crippen molar-refractivity contribution < 1.29 is 19.5 Å². The lowest BCUT2D eigenvalue weighted by Gasteiger charge is -2.18. The Bertz CT molecular complexity index is 1070. The fraction of sp³-hybridized carbons (Fsp3) is 0.310. The van der Waals surface area contributed by atoms with Gasteiger partial charge in [-0.2, -0.15) is 0 Å². The lowest BCUT2D eigenvalue weighted by molar-refractivity contribution is -0.141. The van der Waals surface area contributed by atoms with Crippen LogP contribution < -0.4 is 10.8 Å². The molecule has 0 unspecified atom stereocenters. The first-order valence-electron chi connectivity index (χ1n) is 12.1. The van der Waals surface area contributed by atoms with Gasteiger partial charge >= 0.3 is 0 Å². The smallest absolute Gasteiger partial charge is 0.251 e. The van der Waals surface area contributed by atoms with Crippen molar-refractivity contribution in [1.82, 2.24) is 10.8 Å². The van der Waals surface area contributed by atoms with Gasteiger partial charge in [-0.15, -0.1) is 0 Å². The van der Waals surface area contributed by atoms with Gasteiger partial charge in [0.25, 0.3) is 5.91 Å². The van der Waals surface area contributed by atoms with Crippen molar-refractivity contribution in [1.29, 1.82) is 0 Å². The standard InChI is InChI=1S/C29H34N2O4/c1-3-7-22-10-12-24(13-11-22)25-14-16-26(17-15-25)29(34)30-19-18-27(32)21(2)28(33)31-35-20-23-8-5-4-6-9-23/h4-6,8-17,21,27,32H,3,7,18-20H2,1-2H3,(H,30,34)(H,31,33)/t21-,27+/m0/s1. The van der Waals surface area contributed by atoms with Gasteiger partial charge in [-0.25, -0.2) is 5.48 Å².